The van der Waals surface area contributed by atoms with Crippen LogP contribution in [-0.2, 0) is 9.59 Å². The molecule has 0 aromatic rings. The number of halogens is 3. The minimum absolute atomic E-state index is 0.0781. The molecule has 0 heterocycles. The first-order valence-corrected chi connectivity index (χ1v) is 4.70. The van der Waals surface area contributed by atoms with Crippen LogP contribution in [0.2, 0.25) is 0 Å². The first kappa shape index (κ1) is 13.3. The monoisotopic (exact) mass is 227 g/mol. The Bertz CT molecular complexity index is 212. The Morgan fingerprint density at radius 2 is 2.00 bits per heavy atom. The Balaban J connectivity index is 3.96. The van der Waals surface area contributed by atoms with E-state index < -0.39 is 18.3 Å². The number of hydrogen-bond donors (Lipinski definition) is 1. The molecular formula is C8H12ClF2NO2. The van der Waals surface area contributed by atoms with Gasteiger partial charge in [0.25, 0.3) is 5.91 Å². The topological polar surface area (TPSA) is 46.2 Å². The maximum Gasteiger partial charge on any atom is 0.315 e. The summed E-state index contributed by atoms with van der Waals surface area (Å²) < 4.78 is 23.5. The lowest BCUT2D eigenvalue weighted by Gasteiger charge is -2.12. The van der Waals surface area contributed by atoms with E-state index in [9.17, 15) is 18.4 Å². The van der Waals surface area contributed by atoms with Gasteiger partial charge in [-0.15, -0.1) is 11.6 Å². The van der Waals surface area contributed by atoms with Crippen LogP contribution in [0.15, 0.2) is 0 Å². The van der Waals surface area contributed by atoms with E-state index in [2.05, 4.69) is 0 Å². The molecule has 1 atom stereocenters. The molecule has 0 bridgehead atoms. The van der Waals surface area contributed by atoms with Gasteiger partial charge in [0, 0.05) is 12.5 Å². The van der Waals surface area contributed by atoms with E-state index in [1.807, 2.05) is 5.32 Å². The van der Waals surface area contributed by atoms with E-state index in [1.165, 1.54) is 0 Å². The second-order valence-electron chi connectivity index (χ2n) is 2.75. The smallest absolute Gasteiger partial charge is 0.315 e. The van der Waals surface area contributed by atoms with E-state index in [1.54, 1.807) is 6.92 Å². The minimum Gasteiger partial charge on any atom is -0.350 e. The summed E-state index contributed by atoms with van der Waals surface area (Å²) in [6, 6.07) is 0. The van der Waals surface area contributed by atoms with Crippen molar-refractivity contribution < 1.29 is 18.4 Å². The number of carbonyl (C=O) groups excluding carboxylic acids is 2. The van der Waals surface area contributed by atoms with E-state index in [0.717, 1.165) is 0 Å². The van der Waals surface area contributed by atoms with Gasteiger partial charge in [0.1, 0.15) is 0 Å². The van der Waals surface area contributed by atoms with Gasteiger partial charge >= 0.3 is 6.43 Å². The molecule has 0 spiro atoms. The van der Waals surface area contributed by atoms with Gasteiger partial charge in [-0.25, -0.2) is 0 Å². The zero-order valence-electron chi connectivity index (χ0n) is 7.73. The number of carbonyl (C=O) groups is 2. The van der Waals surface area contributed by atoms with Crippen LogP contribution < -0.4 is 5.32 Å². The Kier molecular flexibility index (Phi) is 6.36. The van der Waals surface area contributed by atoms with Crippen LogP contribution in [-0.4, -0.2) is 30.5 Å². The second kappa shape index (κ2) is 6.70. The minimum atomic E-state index is -3.04. The van der Waals surface area contributed by atoms with Crippen LogP contribution in [0.25, 0.3) is 0 Å². The molecule has 3 nitrogen and oxygen atoms in total. The first-order valence-electron chi connectivity index (χ1n) is 4.17. The van der Waals surface area contributed by atoms with Gasteiger partial charge in [-0.1, -0.05) is 6.92 Å². The van der Waals surface area contributed by atoms with Gasteiger partial charge in [-0.2, -0.15) is 8.78 Å². The molecule has 0 radical (unpaired) electrons. The van der Waals surface area contributed by atoms with Gasteiger partial charge in [-0.05, 0) is 6.42 Å². The van der Waals surface area contributed by atoms with E-state index in [4.69, 9.17) is 11.6 Å². The van der Waals surface area contributed by atoms with Crippen LogP contribution in [0.3, 0.4) is 0 Å². The lowest BCUT2D eigenvalue weighted by atomic mass is 10.0. The highest BCUT2D eigenvalue weighted by molar-refractivity contribution is 6.27. The molecule has 0 saturated heterocycles. The van der Waals surface area contributed by atoms with Crippen molar-refractivity contribution in [1.82, 2.24) is 5.32 Å². The first-order chi connectivity index (χ1) is 6.52. The second-order valence-corrected chi connectivity index (χ2v) is 3.02. The third-order valence-corrected chi connectivity index (χ3v) is 2.06. The largest absolute Gasteiger partial charge is 0.350 e. The quantitative estimate of drug-likeness (QED) is 0.693. The number of amides is 1. The number of hydrogen-bond acceptors (Lipinski definition) is 2. The SMILES string of the molecule is CCC(CNC(=O)C(F)F)C(=O)CCl. The van der Waals surface area contributed by atoms with Crippen molar-refractivity contribution in [1.29, 1.82) is 0 Å². The predicted octanol–water partition coefficient (Wildman–Crippen LogP) is 1.20. The fraction of sp³-hybridized carbons (Fsp3) is 0.750. The summed E-state index contributed by atoms with van der Waals surface area (Å²) in [7, 11) is 0. The van der Waals surface area contributed by atoms with Crippen LogP contribution in [0, 0.1) is 5.92 Å². The average molecular weight is 228 g/mol. The molecule has 0 rings (SSSR count). The van der Waals surface area contributed by atoms with Crippen molar-refractivity contribution in [2.75, 3.05) is 12.4 Å². The van der Waals surface area contributed by atoms with Crippen molar-refractivity contribution in [3.05, 3.63) is 0 Å². The van der Waals surface area contributed by atoms with Gasteiger partial charge in [0.05, 0.1) is 5.88 Å². The van der Waals surface area contributed by atoms with Crippen LogP contribution in [0.5, 0.6) is 0 Å². The van der Waals surface area contributed by atoms with Crippen LogP contribution in [0.4, 0.5) is 8.78 Å². The molecule has 82 valence electrons. The molecule has 0 aromatic carbocycles. The molecule has 1 amide bonds. The molecule has 0 fully saturated rings. The zero-order chi connectivity index (χ0) is 11.1. The summed E-state index contributed by atoms with van der Waals surface area (Å²) in [5.74, 6) is -2.24. The Morgan fingerprint density at radius 1 is 1.43 bits per heavy atom. The molecular weight excluding hydrogens is 216 g/mol. The molecule has 0 aromatic heterocycles. The van der Waals surface area contributed by atoms with Gasteiger partial charge in [0.2, 0.25) is 0 Å². The molecule has 14 heavy (non-hydrogen) atoms. The highest BCUT2D eigenvalue weighted by Crippen LogP contribution is 2.04. The van der Waals surface area contributed by atoms with E-state index >= 15 is 0 Å². The van der Waals surface area contributed by atoms with E-state index in [0.29, 0.717) is 6.42 Å². The summed E-state index contributed by atoms with van der Waals surface area (Å²) in [5.41, 5.74) is 0. The third kappa shape index (κ3) is 4.50. The van der Waals surface area contributed by atoms with Crippen LogP contribution in [0.1, 0.15) is 13.3 Å². The van der Waals surface area contributed by atoms with Gasteiger partial charge < -0.3 is 5.32 Å². The molecule has 1 unspecified atom stereocenters. The normalized spacial score (nSPS) is 12.6. The third-order valence-electron chi connectivity index (χ3n) is 1.80. The fourth-order valence-corrected chi connectivity index (χ4v) is 1.11. The summed E-state index contributed by atoms with van der Waals surface area (Å²) in [4.78, 5) is 21.5. The van der Waals surface area contributed by atoms with Gasteiger partial charge in [0.15, 0.2) is 5.78 Å². The number of rotatable bonds is 6. The van der Waals surface area contributed by atoms with Gasteiger partial charge in [-0.3, -0.25) is 9.59 Å². The lowest BCUT2D eigenvalue weighted by Crippen LogP contribution is -2.36. The van der Waals surface area contributed by atoms with Crippen molar-refractivity contribution >= 4 is 23.3 Å². The van der Waals surface area contributed by atoms with Crippen molar-refractivity contribution in [2.24, 2.45) is 5.92 Å². The molecule has 0 aliphatic heterocycles. The Morgan fingerprint density at radius 3 is 2.36 bits per heavy atom. The predicted molar refractivity (Wildman–Crippen MR) is 48.5 cm³/mol. The Hall–Kier alpha value is -0.710. The lowest BCUT2D eigenvalue weighted by molar-refractivity contribution is -0.132. The molecule has 6 heteroatoms. The molecule has 1 N–H and O–H groups in total. The number of ketones is 1. The highest BCUT2D eigenvalue weighted by atomic mass is 35.5. The summed E-state index contributed by atoms with van der Waals surface area (Å²) >= 11 is 5.29. The maximum absolute atomic E-state index is 11.7. The summed E-state index contributed by atoms with van der Waals surface area (Å²) in [6.45, 7) is 1.65. The molecule has 0 aliphatic carbocycles. The zero-order valence-corrected chi connectivity index (χ0v) is 8.48. The fourth-order valence-electron chi connectivity index (χ4n) is 0.896. The standard InChI is InChI=1S/C8H12ClF2NO2/c1-2-5(6(13)3-9)4-12-8(14)7(10)11/h5,7H,2-4H2,1H3,(H,12,14). The van der Waals surface area contributed by atoms with Crippen molar-refractivity contribution in [2.45, 2.75) is 19.8 Å². The number of Topliss-reactive ketones (excluding diaryl/α,β-unsaturated/α-hetero) is 1. The average Bonchev–Trinajstić information content (AvgIpc) is 2.17. The van der Waals surface area contributed by atoms with Crippen LogP contribution >= 0.6 is 11.6 Å². The number of nitrogens with one attached hydrogen (secondary N) is 1. The maximum atomic E-state index is 11.7. The molecule has 0 saturated carbocycles. The molecule has 0 aliphatic rings. The summed E-state index contributed by atoms with van der Waals surface area (Å²) in [6.07, 6.45) is -2.58. The number of alkyl halides is 3. The van der Waals surface area contributed by atoms with E-state index in [-0.39, 0.29) is 18.2 Å². The van der Waals surface area contributed by atoms with Crippen molar-refractivity contribution in [3.8, 4) is 0 Å². The highest BCUT2D eigenvalue weighted by Gasteiger charge is 2.19. The van der Waals surface area contributed by atoms with Crippen molar-refractivity contribution in [3.63, 3.8) is 0 Å². The summed E-state index contributed by atoms with van der Waals surface area (Å²) in [5, 5.41) is 1.98. The Labute approximate surface area is 85.8 Å².